The third kappa shape index (κ3) is 2.71. The second-order valence-electron chi connectivity index (χ2n) is 4.06. The maximum atomic E-state index is 12.9. The Morgan fingerprint density at radius 2 is 1.94 bits per heavy atom. The monoisotopic (exact) mass is 245 g/mol. The van der Waals surface area contributed by atoms with Crippen LogP contribution in [0.1, 0.15) is 18.2 Å². The fraction of sp³-hybridized carbons (Fsp3) is 0.286. The van der Waals surface area contributed by atoms with Crippen molar-refractivity contribution in [2.75, 3.05) is 7.05 Å². The Balaban J connectivity index is 2.37. The van der Waals surface area contributed by atoms with Crippen molar-refractivity contribution >= 4 is 0 Å². The maximum Gasteiger partial charge on any atom is 0.159 e. The van der Waals surface area contributed by atoms with Gasteiger partial charge in [0.25, 0.3) is 0 Å². The summed E-state index contributed by atoms with van der Waals surface area (Å²) in [4.78, 5) is 8.87. The number of benzene rings is 1. The average molecular weight is 245 g/mol. The molecule has 0 unspecified atom stereocenters. The highest BCUT2D eigenvalue weighted by Gasteiger charge is 2.07. The Morgan fingerprint density at radius 3 is 2.56 bits per heavy atom. The Morgan fingerprint density at radius 1 is 1.22 bits per heavy atom. The molecule has 4 heteroatoms. The van der Waals surface area contributed by atoms with Crippen LogP contribution in [0.5, 0.6) is 0 Å². The lowest BCUT2D eigenvalue weighted by Gasteiger charge is -2.08. The normalized spacial score (nSPS) is 10.6. The summed E-state index contributed by atoms with van der Waals surface area (Å²) in [6.07, 6.45) is 2.69. The maximum absolute atomic E-state index is 12.9. The largest absolute Gasteiger partial charge is 0.316 e. The van der Waals surface area contributed by atoms with Crippen molar-refractivity contribution in [2.24, 2.45) is 0 Å². The summed E-state index contributed by atoms with van der Waals surface area (Å²) < 4.78 is 12.9. The van der Waals surface area contributed by atoms with Crippen LogP contribution in [0.25, 0.3) is 11.4 Å². The van der Waals surface area contributed by atoms with Gasteiger partial charge in [0.15, 0.2) is 5.82 Å². The van der Waals surface area contributed by atoms with Gasteiger partial charge in [0.2, 0.25) is 0 Å². The highest BCUT2D eigenvalue weighted by atomic mass is 19.1. The topological polar surface area (TPSA) is 37.8 Å². The quantitative estimate of drug-likeness (QED) is 0.899. The van der Waals surface area contributed by atoms with E-state index >= 15 is 0 Å². The van der Waals surface area contributed by atoms with Crippen molar-refractivity contribution < 1.29 is 4.39 Å². The van der Waals surface area contributed by atoms with Gasteiger partial charge >= 0.3 is 0 Å². The van der Waals surface area contributed by atoms with Gasteiger partial charge in [-0.2, -0.15) is 0 Å². The summed E-state index contributed by atoms with van der Waals surface area (Å²) in [5, 5.41) is 3.10. The predicted molar refractivity (Wildman–Crippen MR) is 69.6 cm³/mol. The molecule has 0 amide bonds. The van der Waals surface area contributed by atoms with Gasteiger partial charge in [0.05, 0.1) is 0 Å². The first-order chi connectivity index (χ1) is 8.74. The third-order valence-corrected chi connectivity index (χ3v) is 2.76. The predicted octanol–water partition coefficient (Wildman–Crippen LogP) is 2.56. The first-order valence-corrected chi connectivity index (χ1v) is 6.00. The van der Waals surface area contributed by atoms with Crippen LogP contribution in [0.2, 0.25) is 0 Å². The number of aromatic nitrogens is 2. The molecule has 0 aliphatic rings. The van der Waals surface area contributed by atoms with Crippen LogP contribution in [0.15, 0.2) is 30.5 Å². The van der Waals surface area contributed by atoms with E-state index in [2.05, 4.69) is 22.2 Å². The van der Waals surface area contributed by atoms with Gasteiger partial charge < -0.3 is 5.32 Å². The highest BCUT2D eigenvalue weighted by molar-refractivity contribution is 5.54. The van der Waals surface area contributed by atoms with E-state index in [9.17, 15) is 4.39 Å². The molecular weight excluding hydrogens is 229 g/mol. The number of aryl methyl sites for hydroxylation is 1. The van der Waals surface area contributed by atoms with Crippen LogP contribution in [0, 0.1) is 5.82 Å². The summed E-state index contributed by atoms with van der Waals surface area (Å²) in [6, 6.07) is 6.24. The number of halogens is 1. The Bertz CT molecular complexity index is 523. The summed E-state index contributed by atoms with van der Waals surface area (Å²) in [7, 11) is 1.90. The zero-order valence-electron chi connectivity index (χ0n) is 10.6. The average Bonchev–Trinajstić information content (AvgIpc) is 2.40. The van der Waals surface area contributed by atoms with E-state index in [1.165, 1.54) is 12.1 Å². The smallest absolute Gasteiger partial charge is 0.159 e. The molecule has 94 valence electrons. The highest BCUT2D eigenvalue weighted by Crippen LogP contribution is 2.17. The molecule has 2 aromatic rings. The molecule has 0 bridgehead atoms. The minimum absolute atomic E-state index is 0.249. The first-order valence-electron chi connectivity index (χ1n) is 6.00. The molecule has 0 spiro atoms. The molecule has 0 saturated heterocycles. The van der Waals surface area contributed by atoms with E-state index in [1.807, 2.05) is 13.2 Å². The van der Waals surface area contributed by atoms with E-state index < -0.39 is 0 Å². The van der Waals surface area contributed by atoms with Gasteiger partial charge in [0.1, 0.15) is 5.82 Å². The Labute approximate surface area is 106 Å². The van der Waals surface area contributed by atoms with E-state index in [4.69, 9.17) is 0 Å². The molecule has 0 atom stereocenters. The van der Waals surface area contributed by atoms with Crippen LogP contribution in [-0.2, 0) is 13.0 Å². The zero-order valence-corrected chi connectivity index (χ0v) is 10.6. The lowest BCUT2D eigenvalue weighted by atomic mass is 10.1. The molecular formula is C14H16FN3. The van der Waals surface area contributed by atoms with Crippen LogP contribution < -0.4 is 5.32 Å². The number of hydrogen-bond acceptors (Lipinski definition) is 3. The molecule has 0 aliphatic carbocycles. The third-order valence-electron chi connectivity index (χ3n) is 2.76. The molecule has 1 N–H and O–H groups in total. The van der Waals surface area contributed by atoms with Gasteiger partial charge in [-0.3, -0.25) is 0 Å². The zero-order chi connectivity index (χ0) is 13.0. The SMILES string of the molecule is CCc1nc(-c2ccc(F)cc2)ncc1CNC. The second kappa shape index (κ2) is 5.69. The van der Waals surface area contributed by atoms with Crippen LogP contribution in [-0.4, -0.2) is 17.0 Å². The fourth-order valence-corrected chi connectivity index (χ4v) is 1.82. The van der Waals surface area contributed by atoms with Gasteiger partial charge in [-0.25, -0.2) is 14.4 Å². The van der Waals surface area contributed by atoms with Crippen molar-refractivity contribution in [1.82, 2.24) is 15.3 Å². The number of rotatable bonds is 4. The summed E-state index contributed by atoms with van der Waals surface area (Å²) in [5.74, 6) is 0.396. The van der Waals surface area contributed by atoms with E-state index in [0.717, 1.165) is 29.8 Å². The van der Waals surface area contributed by atoms with Crippen LogP contribution >= 0.6 is 0 Å². The van der Waals surface area contributed by atoms with E-state index in [1.54, 1.807) is 12.1 Å². The Kier molecular flexibility index (Phi) is 3.99. The lowest BCUT2D eigenvalue weighted by Crippen LogP contribution is -2.10. The Hall–Kier alpha value is -1.81. The molecule has 0 aliphatic heterocycles. The number of nitrogens with one attached hydrogen (secondary N) is 1. The van der Waals surface area contributed by atoms with E-state index in [0.29, 0.717) is 5.82 Å². The minimum atomic E-state index is -0.249. The molecule has 0 fully saturated rings. The van der Waals surface area contributed by atoms with Crippen molar-refractivity contribution in [3.8, 4) is 11.4 Å². The molecule has 1 aromatic heterocycles. The van der Waals surface area contributed by atoms with Crippen LogP contribution in [0.3, 0.4) is 0 Å². The standard InChI is InChI=1S/C14H16FN3/c1-3-13-11(8-16-2)9-17-14(18-13)10-4-6-12(15)7-5-10/h4-7,9,16H,3,8H2,1-2H3. The summed E-state index contributed by atoms with van der Waals surface area (Å²) in [5.41, 5.74) is 2.96. The van der Waals surface area contributed by atoms with Gasteiger partial charge in [-0.1, -0.05) is 6.92 Å². The van der Waals surface area contributed by atoms with Gasteiger partial charge in [-0.15, -0.1) is 0 Å². The molecule has 0 saturated carbocycles. The summed E-state index contributed by atoms with van der Waals surface area (Å²) in [6.45, 7) is 2.82. The molecule has 1 heterocycles. The van der Waals surface area contributed by atoms with Crippen molar-refractivity contribution in [3.63, 3.8) is 0 Å². The van der Waals surface area contributed by atoms with Crippen molar-refractivity contribution in [2.45, 2.75) is 19.9 Å². The molecule has 3 nitrogen and oxygen atoms in total. The van der Waals surface area contributed by atoms with Crippen LogP contribution in [0.4, 0.5) is 4.39 Å². The summed E-state index contributed by atoms with van der Waals surface area (Å²) >= 11 is 0. The van der Waals surface area contributed by atoms with Crippen molar-refractivity contribution in [1.29, 1.82) is 0 Å². The minimum Gasteiger partial charge on any atom is -0.316 e. The van der Waals surface area contributed by atoms with Gasteiger partial charge in [-0.05, 0) is 37.7 Å². The molecule has 0 radical (unpaired) electrons. The fourth-order valence-electron chi connectivity index (χ4n) is 1.82. The number of hydrogen-bond donors (Lipinski definition) is 1. The first kappa shape index (κ1) is 12.6. The second-order valence-corrected chi connectivity index (χ2v) is 4.06. The lowest BCUT2D eigenvalue weighted by molar-refractivity contribution is 0.628. The van der Waals surface area contributed by atoms with E-state index in [-0.39, 0.29) is 5.82 Å². The van der Waals surface area contributed by atoms with Crippen molar-refractivity contribution in [3.05, 3.63) is 47.5 Å². The van der Waals surface area contributed by atoms with Gasteiger partial charge in [0, 0.05) is 29.6 Å². The number of nitrogens with zero attached hydrogens (tertiary/aromatic N) is 2. The molecule has 2 rings (SSSR count). The molecule has 18 heavy (non-hydrogen) atoms. The molecule has 1 aromatic carbocycles.